The van der Waals surface area contributed by atoms with Crippen molar-refractivity contribution in [1.82, 2.24) is 14.5 Å². The normalized spacial score (nSPS) is 17.8. The molecule has 18 heavy (non-hydrogen) atoms. The highest BCUT2D eigenvalue weighted by Gasteiger charge is 2.32. The Morgan fingerprint density at radius 2 is 2.28 bits per heavy atom. The van der Waals surface area contributed by atoms with Crippen molar-refractivity contribution >= 4 is 5.78 Å². The molecule has 4 nitrogen and oxygen atoms in total. The molecule has 0 unspecified atom stereocenters. The second kappa shape index (κ2) is 3.83. The summed E-state index contributed by atoms with van der Waals surface area (Å²) in [5.74, 6) is 1.18. The second-order valence-electron chi connectivity index (χ2n) is 5.78. The largest absolute Gasteiger partial charge is 0.347 e. The van der Waals surface area contributed by atoms with Crippen LogP contribution in [0.1, 0.15) is 42.1 Å². The summed E-state index contributed by atoms with van der Waals surface area (Å²) in [4.78, 5) is 19.4. The molecule has 3 rings (SSSR count). The monoisotopic (exact) mass is 243 g/mol. The minimum atomic E-state index is 0.0589. The number of nitrogens with zero attached hydrogens (tertiary/aromatic N) is 2. The number of carbonyl (C=O) groups is 1. The second-order valence-corrected chi connectivity index (χ2v) is 5.78. The zero-order chi connectivity index (χ0) is 12.8. The molecule has 0 radical (unpaired) electrons. The van der Waals surface area contributed by atoms with Crippen molar-refractivity contribution in [3.8, 4) is 0 Å². The maximum Gasteiger partial charge on any atom is 0.165 e. The summed E-state index contributed by atoms with van der Waals surface area (Å²) in [6, 6.07) is 1.94. The molecule has 94 valence electrons. The standard InChI is InChI=1S/C14H17N3O/c1-14(2)7-11-10(12(18)8-14)3-6-17(11)9-13-15-4-5-16-13/h3-6H,7-9H2,1-2H3,(H,15,16). The average Bonchev–Trinajstić information content (AvgIpc) is 2.88. The third kappa shape index (κ3) is 1.88. The van der Waals surface area contributed by atoms with Gasteiger partial charge in [-0.25, -0.2) is 4.98 Å². The van der Waals surface area contributed by atoms with E-state index in [-0.39, 0.29) is 11.2 Å². The molecule has 0 spiro atoms. The van der Waals surface area contributed by atoms with Crippen molar-refractivity contribution in [2.75, 3.05) is 0 Å². The van der Waals surface area contributed by atoms with Crippen LogP contribution in [-0.2, 0) is 13.0 Å². The van der Waals surface area contributed by atoms with Gasteiger partial charge in [-0.3, -0.25) is 4.79 Å². The molecular weight excluding hydrogens is 226 g/mol. The third-order valence-electron chi connectivity index (χ3n) is 3.54. The highest BCUT2D eigenvalue weighted by Crippen LogP contribution is 2.35. The van der Waals surface area contributed by atoms with Crippen molar-refractivity contribution in [2.24, 2.45) is 5.41 Å². The fraction of sp³-hybridized carbons (Fsp3) is 0.429. The van der Waals surface area contributed by atoms with Gasteiger partial charge >= 0.3 is 0 Å². The van der Waals surface area contributed by atoms with E-state index in [0.717, 1.165) is 23.5 Å². The Morgan fingerprint density at radius 3 is 3.00 bits per heavy atom. The van der Waals surface area contributed by atoms with E-state index in [1.54, 1.807) is 6.20 Å². The summed E-state index contributed by atoms with van der Waals surface area (Å²) >= 11 is 0. The van der Waals surface area contributed by atoms with Crippen LogP contribution in [0.4, 0.5) is 0 Å². The Labute approximate surface area is 106 Å². The maximum absolute atomic E-state index is 12.1. The van der Waals surface area contributed by atoms with E-state index >= 15 is 0 Å². The predicted octanol–water partition coefficient (Wildman–Crippen LogP) is 2.41. The van der Waals surface area contributed by atoms with Crippen LogP contribution in [0.2, 0.25) is 0 Å². The number of hydrogen-bond donors (Lipinski definition) is 1. The number of H-pyrrole nitrogens is 1. The fourth-order valence-corrected chi connectivity index (χ4v) is 2.70. The van der Waals surface area contributed by atoms with E-state index in [2.05, 4.69) is 28.4 Å². The zero-order valence-corrected chi connectivity index (χ0v) is 10.7. The first kappa shape index (κ1) is 11.3. The van der Waals surface area contributed by atoms with Gasteiger partial charge in [-0.15, -0.1) is 0 Å². The minimum Gasteiger partial charge on any atom is -0.347 e. The molecule has 0 amide bonds. The van der Waals surface area contributed by atoms with Crippen LogP contribution in [0.15, 0.2) is 24.7 Å². The number of fused-ring (bicyclic) bond motifs is 1. The van der Waals surface area contributed by atoms with Gasteiger partial charge in [0, 0.05) is 36.3 Å². The molecule has 0 aromatic carbocycles. The van der Waals surface area contributed by atoms with Crippen LogP contribution in [-0.4, -0.2) is 20.3 Å². The van der Waals surface area contributed by atoms with E-state index < -0.39 is 0 Å². The number of hydrogen-bond acceptors (Lipinski definition) is 2. The van der Waals surface area contributed by atoms with Gasteiger partial charge in [0.25, 0.3) is 0 Å². The van der Waals surface area contributed by atoms with Crippen LogP contribution in [0.25, 0.3) is 0 Å². The Bertz CT molecular complexity index is 578. The molecule has 0 saturated heterocycles. The molecule has 2 aromatic heterocycles. The van der Waals surface area contributed by atoms with Crippen LogP contribution in [0, 0.1) is 5.41 Å². The summed E-state index contributed by atoms with van der Waals surface area (Å²) in [5, 5.41) is 0. The van der Waals surface area contributed by atoms with Crippen LogP contribution in [0.5, 0.6) is 0 Å². The SMILES string of the molecule is CC1(C)CC(=O)c2ccn(Cc3ncc[nH]3)c2C1. The maximum atomic E-state index is 12.1. The number of aromatic amines is 1. The Hall–Kier alpha value is -1.84. The van der Waals surface area contributed by atoms with E-state index in [9.17, 15) is 4.79 Å². The number of carbonyl (C=O) groups excluding carboxylic acids is 1. The molecule has 1 aliphatic carbocycles. The Balaban J connectivity index is 1.97. The smallest absolute Gasteiger partial charge is 0.165 e. The summed E-state index contributed by atoms with van der Waals surface area (Å²) in [6.07, 6.45) is 7.15. The average molecular weight is 243 g/mol. The van der Waals surface area contributed by atoms with E-state index in [0.29, 0.717) is 13.0 Å². The number of ketones is 1. The minimum absolute atomic E-state index is 0.0589. The predicted molar refractivity (Wildman–Crippen MR) is 68.6 cm³/mol. The Kier molecular flexibility index (Phi) is 2.40. The Morgan fingerprint density at radius 1 is 1.44 bits per heavy atom. The summed E-state index contributed by atoms with van der Waals surface area (Å²) in [6.45, 7) is 5.00. The molecule has 2 aromatic rings. The molecule has 0 bridgehead atoms. The lowest BCUT2D eigenvalue weighted by atomic mass is 9.76. The molecule has 2 heterocycles. The summed E-state index contributed by atoms with van der Waals surface area (Å²) in [7, 11) is 0. The molecule has 0 saturated carbocycles. The zero-order valence-electron chi connectivity index (χ0n) is 10.7. The third-order valence-corrected chi connectivity index (χ3v) is 3.54. The number of imidazole rings is 1. The van der Waals surface area contributed by atoms with Gasteiger partial charge in [-0.1, -0.05) is 13.8 Å². The first-order valence-electron chi connectivity index (χ1n) is 6.25. The molecule has 0 atom stereocenters. The topological polar surface area (TPSA) is 50.7 Å². The lowest BCUT2D eigenvalue weighted by Crippen LogP contribution is -2.28. The van der Waals surface area contributed by atoms with E-state index in [1.165, 1.54) is 0 Å². The highest BCUT2D eigenvalue weighted by molar-refractivity contribution is 5.98. The van der Waals surface area contributed by atoms with Crippen molar-refractivity contribution < 1.29 is 4.79 Å². The summed E-state index contributed by atoms with van der Waals surface area (Å²) < 4.78 is 2.13. The van der Waals surface area contributed by atoms with Gasteiger partial charge in [0.2, 0.25) is 0 Å². The van der Waals surface area contributed by atoms with E-state index in [4.69, 9.17) is 0 Å². The molecule has 0 fully saturated rings. The van der Waals surface area contributed by atoms with Gasteiger partial charge in [-0.2, -0.15) is 0 Å². The first-order chi connectivity index (χ1) is 8.55. The first-order valence-corrected chi connectivity index (χ1v) is 6.25. The van der Waals surface area contributed by atoms with Gasteiger partial charge in [-0.05, 0) is 17.9 Å². The van der Waals surface area contributed by atoms with Crippen LogP contribution < -0.4 is 0 Å². The van der Waals surface area contributed by atoms with Gasteiger partial charge in [0.15, 0.2) is 5.78 Å². The quantitative estimate of drug-likeness (QED) is 0.880. The van der Waals surface area contributed by atoms with Crippen LogP contribution >= 0.6 is 0 Å². The van der Waals surface area contributed by atoms with Gasteiger partial charge in [0.05, 0.1) is 6.54 Å². The molecule has 4 heteroatoms. The number of rotatable bonds is 2. The van der Waals surface area contributed by atoms with Crippen LogP contribution in [0.3, 0.4) is 0 Å². The van der Waals surface area contributed by atoms with Gasteiger partial charge < -0.3 is 9.55 Å². The summed E-state index contributed by atoms with van der Waals surface area (Å²) in [5.41, 5.74) is 2.09. The fourth-order valence-electron chi connectivity index (χ4n) is 2.70. The molecular formula is C14H17N3O. The van der Waals surface area contributed by atoms with Crippen molar-refractivity contribution in [3.63, 3.8) is 0 Å². The van der Waals surface area contributed by atoms with Gasteiger partial charge in [0.1, 0.15) is 5.82 Å². The highest BCUT2D eigenvalue weighted by atomic mass is 16.1. The lowest BCUT2D eigenvalue weighted by molar-refractivity contribution is 0.0910. The number of aromatic nitrogens is 3. The van der Waals surface area contributed by atoms with E-state index in [1.807, 2.05) is 18.5 Å². The van der Waals surface area contributed by atoms with Crippen molar-refractivity contribution in [3.05, 3.63) is 41.7 Å². The number of nitrogens with one attached hydrogen (secondary N) is 1. The van der Waals surface area contributed by atoms with Crippen molar-refractivity contribution in [1.29, 1.82) is 0 Å². The lowest BCUT2D eigenvalue weighted by Gasteiger charge is -2.29. The molecule has 0 aliphatic heterocycles. The molecule has 1 aliphatic rings. The molecule has 1 N–H and O–H groups in total. The van der Waals surface area contributed by atoms with Crippen molar-refractivity contribution in [2.45, 2.75) is 33.2 Å². The number of Topliss-reactive ketones (excluding diaryl/α,β-unsaturated/α-hetero) is 1.